The summed E-state index contributed by atoms with van der Waals surface area (Å²) < 4.78 is 24.7. The van der Waals surface area contributed by atoms with E-state index >= 15 is 0 Å². The summed E-state index contributed by atoms with van der Waals surface area (Å²) in [6.07, 6.45) is 0.852. The first kappa shape index (κ1) is 21.6. The van der Waals surface area contributed by atoms with Crippen LogP contribution in [0.25, 0.3) is 0 Å². The Morgan fingerprint density at radius 3 is 2.54 bits per heavy atom. The predicted molar refractivity (Wildman–Crippen MR) is 106 cm³/mol. The molecule has 0 atom stereocenters. The first-order chi connectivity index (χ1) is 13.5. The summed E-state index contributed by atoms with van der Waals surface area (Å²) in [5, 5.41) is 0. The fourth-order valence-corrected chi connectivity index (χ4v) is 2.93. The van der Waals surface area contributed by atoms with Crippen LogP contribution >= 0.6 is 11.8 Å². The quantitative estimate of drug-likeness (QED) is 0.492. The number of carbonyl (C=O) groups is 2. The average molecular weight is 406 g/mol. The van der Waals surface area contributed by atoms with Crippen molar-refractivity contribution >= 4 is 23.6 Å². The molecular weight excluding hydrogens is 383 g/mol. The van der Waals surface area contributed by atoms with Gasteiger partial charge in [0.1, 0.15) is 5.82 Å². The summed E-state index contributed by atoms with van der Waals surface area (Å²) in [6.45, 7) is 4.80. The fourth-order valence-electron chi connectivity index (χ4n) is 2.19. The molecule has 8 heteroatoms. The van der Waals surface area contributed by atoms with E-state index < -0.39 is 17.6 Å². The van der Waals surface area contributed by atoms with Gasteiger partial charge in [0.25, 0.3) is 5.91 Å². The van der Waals surface area contributed by atoms with Crippen LogP contribution < -0.4 is 20.3 Å². The number of hydrogen-bond donors (Lipinski definition) is 2. The van der Waals surface area contributed by atoms with Gasteiger partial charge >= 0.3 is 0 Å². The Bertz CT molecular complexity index is 817. The number of rotatable bonds is 9. The number of benzene rings is 2. The van der Waals surface area contributed by atoms with Gasteiger partial charge in [0.05, 0.1) is 19.0 Å². The minimum atomic E-state index is -0.493. The average Bonchev–Trinajstić information content (AvgIpc) is 2.70. The van der Waals surface area contributed by atoms with Crippen LogP contribution in [0.15, 0.2) is 47.4 Å². The summed E-state index contributed by atoms with van der Waals surface area (Å²) in [5.41, 5.74) is 4.97. The maximum Gasteiger partial charge on any atom is 0.269 e. The van der Waals surface area contributed by atoms with Crippen LogP contribution in [0.1, 0.15) is 30.6 Å². The molecule has 0 spiro atoms. The standard InChI is InChI=1S/C20H23FN2O4S/c1-3-11-27-16-10-9-14(12-17(16)26-4-2)20(25)23-22-19(24)13-28-18-8-6-5-7-15(18)21/h5-10,12H,3-4,11,13H2,1-2H3,(H,22,24)(H,23,25). The molecule has 0 aromatic heterocycles. The highest BCUT2D eigenvalue weighted by Crippen LogP contribution is 2.28. The van der Waals surface area contributed by atoms with Crippen molar-refractivity contribution in [3.63, 3.8) is 0 Å². The van der Waals surface area contributed by atoms with Gasteiger partial charge in [0.15, 0.2) is 11.5 Å². The van der Waals surface area contributed by atoms with Gasteiger partial charge in [-0.15, -0.1) is 11.8 Å². The van der Waals surface area contributed by atoms with E-state index in [1.165, 1.54) is 6.07 Å². The third kappa shape index (κ3) is 6.45. The number of halogens is 1. The van der Waals surface area contributed by atoms with Gasteiger partial charge in [-0.05, 0) is 43.7 Å². The predicted octanol–water partition coefficient (Wildman–Crippen LogP) is 3.57. The molecule has 0 fully saturated rings. The highest BCUT2D eigenvalue weighted by Gasteiger charge is 2.13. The number of thioether (sulfide) groups is 1. The van der Waals surface area contributed by atoms with Crippen molar-refractivity contribution in [1.29, 1.82) is 0 Å². The molecule has 0 saturated carbocycles. The second-order valence-electron chi connectivity index (χ2n) is 5.66. The van der Waals surface area contributed by atoms with Crippen LogP contribution in [0.2, 0.25) is 0 Å². The van der Waals surface area contributed by atoms with Crippen LogP contribution in [0.3, 0.4) is 0 Å². The Labute approximate surface area is 167 Å². The van der Waals surface area contributed by atoms with Crippen molar-refractivity contribution in [2.24, 2.45) is 0 Å². The molecular formula is C20H23FN2O4S. The Balaban J connectivity index is 1.90. The maximum absolute atomic E-state index is 13.5. The van der Waals surface area contributed by atoms with Gasteiger partial charge in [-0.3, -0.25) is 20.4 Å². The van der Waals surface area contributed by atoms with Crippen LogP contribution in [-0.2, 0) is 4.79 Å². The molecule has 6 nitrogen and oxygen atoms in total. The van der Waals surface area contributed by atoms with Gasteiger partial charge < -0.3 is 9.47 Å². The van der Waals surface area contributed by atoms with Gasteiger partial charge in [-0.25, -0.2) is 4.39 Å². The van der Waals surface area contributed by atoms with Crippen molar-refractivity contribution in [3.8, 4) is 11.5 Å². The lowest BCUT2D eigenvalue weighted by Crippen LogP contribution is -2.42. The Kier molecular flexibility index (Phi) is 8.61. The van der Waals surface area contributed by atoms with E-state index in [0.29, 0.717) is 35.2 Å². The fraction of sp³-hybridized carbons (Fsp3) is 0.300. The molecule has 0 aliphatic heterocycles. The van der Waals surface area contributed by atoms with Crippen molar-refractivity contribution in [3.05, 3.63) is 53.8 Å². The first-order valence-corrected chi connectivity index (χ1v) is 9.89. The lowest BCUT2D eigenvalue weighted by atomic mass is 10.2. The van der Waals surface area contributed by atoms with E-state index in [2.05, 4.69) is 10.9 Å². The van der Waals surface area contributed by atoms with Crippen molar-refractivity contribution in [1.82, 2.24) is 10.9 Å². The smallest absolute Gasteiger partial charge is 0.269 e. The summed E-state index contributed by atoms with van der Waals surface area (Å²) in [7, 11) is 0. The third-order valence-electron chi connectivity index (χ3n) is 3.48. The largest absolute Gasteiger partial charge is 0.490 e. The maximum atomic E-state index is 13.5. The van der Waals surface area contributed by atoms with E-state index in [1.54, 1.807) is 36.4 Å². The van der Waals surface area contributed by atoms with Crippen molar-refractivity contribution in [2.45, 2.75) is 25.2 Å². The molecule has 0 radical (unpaired) electrons. The Morgan fingerprint density at radius 2 is 1.82 bits per heavy atom. The zero-order chi connectivity index (χ0) is 20.4. The SMILES string of the molecule is CCCOc1ccc(C(=O)NNC(=O)CSc2ccccc2F)cc1OCC. The zero-order valence-electron chi connectivity index (χ0n) is 15.8. The van der Waals surface area contributed by atoms with Gasteiger partial charge in [0, 0.05) is 10.5 Å². The van der Waals surface area contributed by atoms with Gasteiger partial charge in [-0.1, -0.05) is 19.1 Å². The molecule has 0 unspecified atom stereocenters. The second kappa shape index (κ2) is 11.2. The molecule has 150 valence electrons. The highest BCUT2D eigenvalue weighted by molar-refractivity contribution is 8.00. The molecule has 0 bridgehead atoms. The van der Waals surface area contributed by atoms with E-state index in [-0.39, 0.29) is 5.75 Å². The minimum absolute atomic E-state index is 0.0325. The molecule has 0 aliphatic rings. The number of hydrogen-bond acceptors (Lipinski definition) is 5. The number of amides is 2. The molecule has 2 rings (SSSR count). The summed E-state index contributed by atoms with van der Waals surface area (Å²) in [5.74, 6) is -0.342. The lowest BCUT2D eigenvalue weighted by Gasteiger charge is -2.13. The summed E-state index contributed by atoms with van der Waals surface area (Å²) in [4.78, 5) is 24.5. The van der Waals surface area contributed by atoms with Gasteiger partial charge in [-0.2, -0.15) is 0 Å². The van der Waals surface area contributed by atoms with E-state index in [4.69, 9.17) is 9.47 Å². The molecule has 0 aliphatic carbocycles. The number of ether oxygens (including phenoxy) is 2. The molecule has 2 amide bonds. The molecule has 0 saturated heterocycles. The van der Waals surface area contributed by atoms with Crippen molar-refractivity contribution in [2.75, 3.05) is 19.0 Å². The second-order valence-corrected chi connectivity index (χ2v) is 6.68. The third-order valence-corrected chi connectivity index (χ3v) is 4.53. The van der Waals surface area contributed by atoms with Crippen LogP contribution in [0.4, 0.5) is 4.39 Å². The first-order valence-electron chi connectivity index (χ1n) is 8.91. The molecule has 0 heterocycles. The zero-order valence-corrected chi connectivity index (χ0v) is 16.6. The number of nitrogens with one attached hydrogen (secondary N) is 2. The molecule has 2 aromatic rings. The van der Waals surface area contributed by atoms with Crippen LogP contribution in [0.5, 0.6) is 11.5 Å². The Morgan fingerprint density at radius 1 is 1.04 bits per heavy atom. The van der Waals surface area contributed by atoms with Crippen LogP contribution in [0, 0.1) is 5.82 Å². The summed E-state index contributed by atoms with van der Waals surface area (Å²) >= 11 is 1.05. The number of carbonyl (C=O) groups excluding carboxylic acids is 2. The van der Waals surface area contributed by atoms with E-state index in [1.807, 2.05) is 13.8 Å². The van der Waals surface area contributed by atoms with E-state index in [9.17, 15) is 14.0 Å². The molecule has 2 N–H and O–H groups in total. The van der Waals surface area contributed by atoms with Gasteiger partial charge in [0.2, 0.25) is 5.91 Å². The monoisotopic (exact) mass is 406 g/mol. The lowest BCUT2D eigenvalue weighted by molar-refractivity contribution is -0.119. The molecule has 2 aromatic carbocycles. The summed E-state index contributed by atoms with van der Waals surface area (Å²) in [6, 6.07) is 11.0. The normalized spacial score (nSPS) is 10.2. The highest BCUT2D eigenvalue weighted by atomic mass is 32.2. The van der Waals surface area contributed by atoms with Crippen LogP contribution in [-0.4, -0.2) is 30.8 Å². The van der Waals surface area contributed by atoms with E-state index in [0.717, 1.165) is 18.2 Å². The Hall–Kier alpha value is -2.74. The van der Waals surface area contributed by atoms with Crippen molar-refractivity contribution < 1.29 is 23.5 Å². The topological polar surface area (TPSA) is 76.7 Å². The minimum Gasteiger partial charge on any atom is -0.490 e. The molecule has 28 heavy (non-hydrogen) atoms. The number of hydrazine groups is 1.